The first-order valence-corrected chi connectivity index (χ1v) is 12.8. The highest BCUT2D eigenvalue weighted by atomic mass is 16.7. The van der Waals surface area contributed by atoms with Gasteiger partial charge >= 0.3 is 0 Å². The summed E-state index contributed by atoms with van der Waals surface area (Å²) >= 11 is 0. The molecule has 4 fully saturated rings. The molecule has 10 atom stereocenters. The summed E-state index contributed by atoms with van der Waals surface area (Å²) in [4.78, 5) is 0. The van der Waals surface area contributed by atoms with Gasteiger partial charge in [0, 0.05) is 6.61 Å². The van der Waals surface area contributed by atoms with Gasteiger partial charge in [0.2, 0.25) is 0 Å². The molecule has 2 unspecified atom stereocenters. The maximum absolute atomic E-state index is 6.23. The first kappa shape index (κ1) is 20.0. The molecule has 0 aromatic heterocycles. The van der Waals surface area contributed by atoms with Gasteiger partial charge in [-0.1, -0.05) is 32.9 Å². The van der Waals surface area contributed by atoms with Gasteiger partial charge in [-0.3, -0.25) is 0 Å². The van der Waals surface area contributed by atoms with Crippen LogP contribution in [0.15, 0.2) is 23.8 Å². The summed E-state index contributed by atoms with van der Waals surface area (Å²) in [6.07, 6.45) is 18.8. The summed E-state index contributed by atoms with van der Waals surface area (Å²) in [7, 11) is 0. The van der Waals surface area contributed by atoms with Crippen molar-refractivity contribution >= 4 is 0 Å². The van der Waals surface area contributed by atoms with Crippen LogP contribution in [0.5, 0.6) is 0 Å². The second kappa shape index (κ2) is 7.18. The quantitative estimate of drug-likeness (QED) is 0.539. The van der Waals surface area contributed by atoms with E-state index in [-0.39, 0.29) is 6.29 Å². The minimum atomic E-state index is 0.0492. The fourth-order valence-corrected chi connectivity index (χ4v) is 8.60. The molecule has 0 amide bonds. The molecule has 2 aliphatic heterocycles. The van der Waals surface area contributed by atoms with Gasteiger partial charge in [-0.05, 0) is 103 Å². The van der Waals surface area contributed by atoms with Crippen molar-refractivity contribution in [3.05, 3.63) is 23.8 Å². The van der Waals surface area contributed by atoms with Crippen LogP contribution in [0.25, 0.3) is 0 Å². The molecule has 166 valence electrons. The lowest BCUT2D eigenvalue weighted by Crippen LogP contribution is -2.49. The molecule has 2 saturated carbocycles. The summed E-state index contributed by atoms with van der Waals surface area (Å²) in [6.45, 7) is 9.36. The monoisotopic (exact) mass is 412 g/mol. The molecule has 6 rings (SSSR count). The maximum Gasteiger partial charge on any atom is 0.157 e. The Morgan fingerprint density at radius 3 is 2.87 bits per heavy atom. The van der Waals surface area contributed by atoms with E-state index in [4.69, 9.17) is 14.2 Å². The predicted octanol–water partition coefficient (Wildman–Crippen LogP) is 5.90. The summed E-state index contributed by atoms with van der Waals surface area (Å²) < 4.78 is 18.0. The molecule has 4 aliphatic carbocycles. The van der Waals surface area contributed by atoms with Gasteiger partial charge in [0.25, 0.3) is 0 Å². The second-order valence-electron chi connectivity index (χ2n) is 11.9. The van der Waals surface area contributed by atoms with Crippen LogP contribution in [0.1, 0.15) is 72.1 Å². The van der Waals surface area contributed by atoms with Gasteiger partial charge in [-0.25, -0.2) is 0 Å². The summed E-state index contributed by atoms with van der Waals surface area (Å²) in [5.41, 5.74) is 2.38. The Balaban J connectivity index is 1.17. The number of fused-ring (bicyclic) bond motifs is 6. The van der Waals surface area contributed by atoms with Crippen LogP contribution in [0.3, 0.4) is 0 Å². The van der Waals surface area contributed by atoms with Crippen molar-refractivity contribution in [3.8, 4) is 0 Å². The number of hydrogen-bond donors (Lipinski definition) is 0. The molecular weight excluding hydrogens is 372 g/mol. The molecule has 6 aliphatic rings. The number of hydrogen-bond acceptors (Lipinski definition) is 3. The van der Waals surface area contributed by atoms with Gasteiger partial charge in [-0.2, -0.15) is 0 Å². The molecule has 0 N–H and O–H groups in total. The molecule has 0 radical (unpaired) electrons. The minimum Gasteiger partial charge on any atom is -0.365 e. The lowest BCUT2D eigenvalue weighted by molar-refractivity contribution is -0.173. The predicted molar refractivity (Wildman–Crippen MR) is 118 cm³/mol. The lowest BCUT2D eigenvalue weighted by Gasteiger charge is -2.56. The first-order chi connectivity index (χ1) is 14.5. The van der Waals surface area contributed by atoms with Gasteiger partial charge < -0.3 is 14.2 Å². The van der Waals surface area contributed by atoms with Crippen molar-refractivity contribution in [2.45, 2.75) is 90.6 Å². The van der Waals surface area contributed by atoms with Crippen molar-refractivity contribution in [3.63, 3.8) is 0 Å². The second-order valence-corrected chi connectivity index (χ2v) is 11.9. The highest BCUT2D eigenvalue weighted by Gasteiger charge is 2.60. The van der Waals surface area contributed by atoms with E-state index < -0.39 is 0 Å². The zero-order chi connectivity index (χ0) is 20.5. The molecule has 2 saturated heterocycles. The SMILES string of the molecule is C[C@H](COC1CCCCO1)[C@H]1CC[C@H]2[C@@H]3C=CC4=CC5O[C@H]5C[C@]4(C)[C@H]3CC[C@]12C. The average Bonchev–Trinajstić information content (AvgIpc) is 3.39. The molecule has 3 nitrogen and oxygen atoms in total. The lowest BCUT2D eigenvalue weighted by atomic mass is 9.48. The smallest absolute Gasteiger partial charge is 0.157 e. The topological polar surface area (TPSA) is 31.0 Å². The van der Waals surface area contributed by atoms with Crippen molar-refractivity contribution in [2.75, 3.05) is 13.2 Å². The largest absolute Gasteiger partial charge is 0.365 e. The number of allylic oxidation sites excluding steroid dienone is 3. The van der Waals surface area contributed by atoms with Crippen LogP contribution < -0.4 is 0 Å². The average molecular weight is 413 g/mol. The minimum absolute atomic E-state index is 0.0492. The normalized spacial score (nSPS) is 52.5. The van der Waals surface area contributed by atoms with Crippen LogP contribution in [0.4, 0.5) is 0 Å². The molecule has 0 bridgehead atoms. The van der Waals surface area contributed by atoms with E-state index in [1.807, 2.05) is 0 Å². The Morgan fingerprint density at radius 1 is 1.13 bits per heavy atom. The van der Waals surface area contributed by atoms with Gasteiger partial charge in [0.1, 0.15) is 6.10 Å². The highest BCUT2D eigenvalue weighted by Crippen LogP contribution is 2.67. The van der Waals surface area contributed by atoms with Crippen LogP contribution in [0.2, 0.25) is 0 Å². The van der Waals surface area contributed by atoms with Crippen LogP contribution in [0, 0.1) is 40.4 Å². The van der Waals surface area contributed by atoms with E-state index in [2.05, 4.69) is 39.0 Å². The standard InChI is InChI=1S/C27H40O3/c1-17(16-29-25-6-4-5-13-28-25)20-9-10-21-19-8-7-18-14-23-24(30-23)15-27(18,3)22(19)11-12-26(20,21)2/h7-8,14,17,19-25H,4-6,9-13,15-16H2,1-3H3/t17-,19+,20-,21+,22+,23?,24+,25?,26-,27+/m1/s1. The molecule has 3 heteroatoms. The maximum atomic E-state index is 6.23. The van der Waals surface area contributed by atoms with Gasteiger partial charge in [0.05, 0.1) is 12.7 Å². The fourth-order valence-electron chi connectivity index (χ4n) is 8.60. The van der Waals surface area contributed by atoms with E-state index in [1.54, 1.807) is 5.57 Å². The third-order valence-corrected chi connectivity index (χ3v) is 10.3. The fraction of sp³-hybridized carbons (Fsp3) is 0.852. The Hall–Kier alpha value is -0.640. The number of rotatable bonds is 4. The summed E-state index contributed by atoms with van der Waals surface area (Å²) in [6, 6.07) is 0. The number of ether oxygens (including phenoxy) is 3. The third kappa shape index (κ3) is 3.02. The Bertz CT molecular complexity index is 736. The van der Waals surface area contributed by atoms with Gasteiger partial charge in [0.15, 0.2) is 6.29 Å². The van der Waals surface area contributed by atoms with Crippen LogP contribution >= 0.6 is 0 Å². The Labute approximate surface area is 182 Å². The van der Waals surface area contributed by atoms with Crippen LogP contribution in [-0.2, 0) is 14.2 Å². The zero-order valence-corrected chi connectivity index (χ0v) is 19.1. The van der Waals surface area contributed by atoms with E-state index >= 15 is 0 Å². The molecule has 0 spiro atoms. The van der Waals surface area contributed by atoms with E-state index in [0.29, 0.717) is 29.0 Å². The van der Waals surface area contributed by atoms with Gasteiger partial charge in [-0.15, -0.1) is 0 Å². The molecule has 2 heterocycles. The Kier molecular flexibility index (Phi) is 4.79. The van der Waals surface area contributed by atoms with E-state index in [1.165, 1.54) is 44.9 Å². The molecular formula is C27H40O3. The van der Waals surface area contributed by atoms with E-state index in [0.717, 1.165) is 43.3 Å². The van der Waals surface area contributed by atoms with Crippen LogP contribution in [-0.4, -0.2) is 31.7 Å². The molecule has 0 aromatic rings. The third-order valence-electron chi connectivity index (χ3n) is 10.3. The van der Waals surface area contributed by atoms with E-state index in [9.17, 15) is 0 Å². The summed E-state index contributed by atoms with van der Waals surface area (Å²) in [5, 5.41) is 0. The summed E-state index contributed by atoms with van der Waals surface area (Å²) in [5.74, 6) is 3.80. The van der Waals surface area contributed by atoms with Crippen molar-refractivity contribution in [2.24, 2.45) is 40.4 Å². The van der Waals surface area contributed by atoms with Crippen molar-refractivity contribution in [1.82, 2.24) is 0 Å². The molecule has 30 heavy (non-hydrogen) atoms. The van der Waals surface area contributed by atoms with Crippen molar-refractivity contribution in [1.29, 1.82) is 0 Å². The number of epoxide rings is 1. The highest BCUT2D eigenvalue weighted by molar-refractivity contribution is 5.39. The molecule has 0 aromatic carbocycles. The zero-order valence-electron chi connectivity index (χ0n) is 19.1. The van der Waals surface area contributed by atoms with Crippen molar-refractivity contribution < 1.29 is 14.2 Å². The Morgan fingerprint density at radius 2 is 2.03 bits per heavy atom. The first-order valence-electron chi connectivity index (χ1n) is 12.8.